The molecule has 45 heavy (non-hydrogen) atoms. The molecule has 6 rings (SSSR count). The highest BCUT2D eigenvalue weighted by molar-refractivity contribution is 5.77. The summed E-state index contributed by atoms with van der Waals surface area (Å²) in [5, 5.41) is 0. The van der Waals surface area contributed by atoms with Gasteiger partial charge in [-0.25, -0.2) is 0 Å². The van der Waals surface area contributed by atoms with Gasteiger partial charge in [0.25, 0.3) is 0 Å². The van der Waals surface area contributed by atoms with Crippen molar-refractivity contribution in [1.29, 1.82) is 0 Å². The van der Waals surface area contributed by atoms with Gasteiger partial charge in [0.15, 0.2) is 0 Å². The number of hydrogen-bond donors (Lipinski definition) is 0. The second-order valence-corrected chi connectivity index (χ2v) is 14.2. The van der Waals surface area contributed by atoms with E-state index in [1.54, 1.807) is 0 Å². The van der Waals surface area contributed by atoms with Gasteiger partial charge in [-0.15, -0.1) is 6.42 Å². The molecule has 0 heterocycles. The molecule has 0 nitrogen and oxygen atoms in total. The van der Waals surface area contributed by atoms with E-state index in [-0.39, 0.29) is 0 Å². The predicted molar refractivity (Wildman–Crippen MR) is 193 cm³/mol. The van der Waals surface area contributed by atoms with Gasteiger partial charge < -0.3 is 0 Å². The first-order chi connectivity index (χ1) is 22.0. The minimum atomic E-state index is 0.384. The zero-order chi connectivity index (χ0) is 31.2. The molecule has 3 aliphatic rings. The molecule has 0 spiro atoms. The van der Waals surface area contributed by atoms with Crippen molar-refractivity contribution in [1.82, 2.24) is 0 Å². The molecular formula is C45H50. The zero-order valence-corrected chi connectivity index (χ0v) is 27.3. The lowest BCUT2D eigenvalue weighted by Crippen LogP contribution is -2.23. The molecule has 2 fully saturated rings. The molecular weight excluding hydrogens is 540 g/mol. The molecule has 2 saturated carbocycles. The molecule has 3 aliphatic carbocycles. The minimum absolute atomic E-state index is 0.384. The Morgan fingerprint density at radius 2 is 1.58 bits per heavy atom. The van der Waals surface area contributed by atoms with Crippen molar-refractivity contribution in [3.05, 3.63) is 149 Å². The Kier molecular flexibility index (Phi) is 10.1. The Labute approximate surface area is 273 Å². The van der Waals surface area contributed by atoms with Crippen LogP contribution in [-0.4, -0.2) is 0 Å². The quantitative estimate of drug-likeness (QED) is 0.154. The van der Waals surface area contributed by atoms with E-state index in [1.807, 2.05) is 0 Å². The molecule has 0 N–H and O–H groups in total. The molecule has 3 aromatic rings. The fraction of sp³-hybridized carbons (Fsp3) is 0.378. The second-order valence-electron chi connectivity index (χ2n) is 14.2. The lowest BCUT2D eigenvalue weighted by molar-refractivity contribution is 0.252. The first-order valence-corrected chi connectivity index (χ1v) is 17.5. The number of rotatable bonds is 11. The minimum Gasteiger partial charge on any atom is -0.115 e. The molecule has 0 heteroatoms. The van der Waals surface area contributed by atoms with Gasteiger partial charge in [0.1, 0.15) is 0 Å². The maximum atomic E-state index is 5.88. The first kappa shape index (κ1) is 31.2. The van der Waals surface area contributed by atoms with E-state index >= 15 is 0 Å². The van der Waals surface area contributed by atoms with Crippen LogP contribution in [0.2, 0.25) is 0 Å². The van der Waals surface area contributed by atoms with E-state index in [9.17, 15) is 0 Å². The maximum Gasteiger partial charge on any atom is 0.0274 e. The number of benzene rings is 3. The number of terminal acetylenes is 1. The van der Waals surface area contributed by atoms with E-state index < -0.39 is 0 Å². The molecule has 0 radical (unpaired) electrons. The lowest BCUT2D eigenvalue weighted by atomic mass is 9.69. The molecule has 230 valence electrons. The molecule has 2 atom stereocenters. The van der Waals surface area contributed by atoms with Gasteiger partial charge >= 0.3 is 0 Å². The van der Waals surface area contributed by atoms with Crippen LogP contribution in [0.15, 0.2) is 115 Å². The molecule has 0 bridgehead atoms. The first-order valence-electron chi connectivity index (χ1n) is 17.5. The third kappa shape index (κ3) is 7.71. The van der Waals surface area contributed by atoms with Crippen LogP contribution in [0.4, 0.5) is 0 Å². The summed E-state index contributed by atoms with van der Waals surface area (Å²) in [6, 6.07) is 27.3. The third-order valence-electron chi connectivity index (χ3n) is 11.1. The van der Waals surface area contributed by atoms with Crippen LogP contribution in [0, 0.1) is 36.0 Å². The number of allylic oxidation sites excluding steroid dienone is 6. The van der Waals surface area contributed by atoms with E-state index in [2.05, 4.69) is 110 Å². The van der Waals surface area contributed by atoms with Gasteiger partial charge in [-0.2, -0.15) is 0 Å². The Hall–Kier alpha value is -3.82. The summed E-state index contributed by atoms with van der Waals surface area (Å²) in [4.78, 5) is 0. The predicted octanol–water partition coefficient (Wildman–Crippen LogP) is 11.5. The highest BCUT2D eigenvalue weighted by atomic mass is 14.4. The third-order valence-corrected chi connectivity index (χ3v) is 11.1. The SMILES string of the molecule is C#Cc1ccc(CC2CCC(C(C(=C)CCc3ccccc3)c3ccc(C4=CC(C)C(=C)C=C4)cc3)CC2)cc1CC1CCC1. The molecule has 0 saturated heterocycles. The summed E-state index contributed by atoms with van der Waals surface area (Å²) in [6.07, 6.45) is 26.3. The van der Waals surface area contributed by atoms with Crippen molar-refractivity contribution in [3.63, 3.8) is 0 Å². The van der Waals surface area contributed by atoms with Gasteiger partial charge in [0.2, 0.25) is 0 Å². The summed E-state index contributed by atoms with van der Waals surface area (Å²) >= 11 is 0. The van der Waals surface area contributed by atoms with Crippen LogP contribution in [0.5, 0.6) is 0 Å². The van der Waals surface area contributed by atoms with Crippen LogP contribution in [-0.2, 0) is 19.3 Å². The lowest BCUT2D eigenvalue weighted by Gasteiger charge is -2.36. The smallest absolute Gasteiger partial charge is 0.0274 e. The molecule has 3 aromatic carbocycles. The largest absolute Gasteiger partial charge is 0.115 e. The number of hydrogen-bond acceptors (Lipinski definition) is 0. The molecule has 0 aromatic heterocycles. The zero-order valence-electron chi connectivity index (χ0n) is 27.3. The average molecular weight is 591 g/mol. The van der Waals surface area contributed by atoms with Crippen molar-refractivity contribution in [2.75, 3.05) is 0 Å². The summed E-state index contributed by atoms with van der Waals surface area (Å²) in [7, 11) is 0. The molecule has 0 aliphatic heterocycles. The van der Waals surface area contributed by atoms with Crippen LogP contribution in [0.1, 0.15) is 97.6 Å². The Morgan fingerprint density at radius 3 is 2.24 bits per heavy atom. The summed E-state index contributed by atoms with van der Waals surface area (Å²) in [5.74, 6) is 5.97. The summed E-state index contributed by atoms with van der Waals surface area (Å²) in [6.45, 7) is 11.2. The topological polar surface area (TPSA) is 0 Å². The van der Waals surface area contributed by atoms with Crippen molar-refractivity contribution < 1.29 is 0 Å². The maximum absolute atomic E-state index is 5.88. The van der Waals surface area contributed by atoms with Crippen LogP contribution in [0.25, 0.3) is 5.57 Å². The summed E-state index contributed by atoms with van der Waals surface area (Å²) < 4.78 is 0. The highest BCUT2D eigenvalue weighted by Gasteiger charge is 2.30. The molecule has 2 unspecified atom stereocenters. The Balaban J connectivity index is 1.15. The van der Waals surface area contributed by atoms with Crippen molar-refractivity contribution in [3.8, 4) is 12.3 Å². The van der Waals surface area contributed by atoms with Gasteiger partial charge in [-0.3, -0.25) is 0 Å². The van der Waals surface area contributed by atoms with Crippen LogP contribution >= 0.6 is 0 Å². The van der Waals surface area contributed by atoms with Gasteiger partial charge in [-0.05, 0) is 120 Å². The monoisotopic (exact) mass is 590 g/mol. The van der Waals surface area contributed by atoms with E-state index in [0.717, 1.165) is 36.7 Å². The van der Waals surface area contributed by atoms with Gasteiger partial charge in [0.05, 0.1) is 0 Å². The fourth-order valence-electron chi connectivity index (χ4n) is 7.95. The van der Waals surface area contributed by atoms with Crippen molar-refractivity contribution in [2.24, 2.45) is 23.7 Å². The van der Waals surface area contributed by atoms with Crippen molar-refractivity contribution in [2.45, 2.75) is 83.5 Å². The summed E-state index contributed by atoms with van der Waals surface area (Å²) in [5.41, 5.74) is 12.0. The van der Waals surface area contributed by atoms with Crippen LogP contribution in [0.3, 0.4) is 0 Å². The van der Waals surface area contributed by atoms with Gasteiger partial charge in [0, 0.05) is 11.5 Å². The second kappa shape index (κ2) is 14.5. The van der Waals surface area contributed by atoms with E-state index in [0.29, 0.717) is 17.8 Å². The normalized spacial score (nSPS) is 22.3. The fourth-order valence-corrected chi connectivity index (χ4v) is 7.95. The van der Waals surface area contributed by atoms with Crippen molar-refractivity contribution >= 4 is 5.57 Å². The Morgan fingerprint density at radius 1 is 0.844 bits per heavy atom. The van der Waals surface area contributed by atoms with Gasteiger partial charge in [-0.1, -0.05) is 136 Å². The van der Waals surface area contributed by atoms with E-state index in [1.165, 1.54) is 95.9 Å². The molecule has 0 amide bonds. The standard InChI is InChI=1S/C45H50/c1-5-39-21-19-38(31-44(39)30-36-12-9-13-36)29-37-17-22-41(23-18-37)45(33(3)14-16-35-10-7-6-8-11-35)42-26-24-40(25-27-42)43-20-15-32(2)34(4)28-43/h1,6-8,10-11,15,19-21,24-28,31,34,36-37,41,45H,2-3,9,12-14,16-18,22-23,29-30H2,4H3. The van der Waals surface area contributed by atoms with Crippen LogP contribution < -0.4 is 0 Å². The highest BCUT2D eigenvalue weighted by Crippen LogP contribution is 2.44. The average Bonchev–Trinajstić information content (AvgIpc) is 3.05. The Bertz CT molecular complexity index is 1580. The number of aryl methyl sites for hydroxylation is 1. The van der Waals surface area contributed by atoms with E-state index in [4.69, 9.17) is 13.0 Å².